The molecule has 0 aliphatic heterocycles. The summed E-state index contributed by atoms with van der Waals surface area (Å²) >= 11 is 0. The minimum atomic E-state index is -0.393. The molecule has 3 rings (SSSR count). The van der Waals surface area contributed by atoms with Crippen molar-refractivity contribution < 1.29 is 35.4 Å². The summed E-state index contributed by atoms with van der Waals surface area (Å²) in [5, 5.41) is 59.3. The number of hydrogen-bond donors (Lipinski definition) is 6. The first-order chi connectivity index (χ1) is 12.3. The maximum Gasteiger partial charge on any atom is 0.172 e. The predicted octanol–water partition coefficient (Wildman–Crippen LogP) is 3.26. The lowest BCUT2D eigenvalue weighted by Gasteiger charge is -2.16. The first-order valence-electron chi connectivity index (χ1n) is 7.51. The Kier molecular flexibility index (Phi) is 4.13. The van der Waals surface area contributed by atoms with E-state index in [0.717, 1.165) is 0 Å². The van der Waals surface area contributed by atoms with Crippen LogP contribution in [0.5, 0.6) is 40.2 Å². The number of phenolic OH excluding ortho intramolecular Hbond substituents is 6. The Labute approximate surface area is 148 Å². The van der Waals surface area contributed by atoms with E-state index in [2.05, 4.69) is 0 Å². The third-order valence-corrected chi connectivity index (χ3v) is 3.99. The van der Waals surface area contributed by atoms with Gasteiger partial charge in [-0.15, -0.1) is 0 Å². The summed E-state index contributed by atoms with van der Waals surface area (Å²) < 4.78 is 5.23. The zero-order valence-corrected chi connectivity index (χ0v) is 13.6. The first kappa shape index (κ1) is 17.1. The quantitative estimate of drug-likeness (QED) is 0.314. The van der Waals surface area contributed by atoms with E-state index in [4.69, 9.17) is 4.74 Å². The Balaban J connectivity index is 2.24. The molecule has 7 heteroatoms. The van der Waals surface area contributed by atoms with Crippen molar-refractivity contribution in [1.82, 2.24) is 0 Å². The van der Waals surface area contributed by atoms with E-state index in [-0.39, 0.29) is 45.6 Å². The van der Waals surface area contributed by atoms with Crippen LogP contribution in [-0.2, 0) is 0 Å². The predicted molar refractivity (Wildman–Crippen MR) is 93.9 cm³/mol. The van der Waals surface area contributed by atoms with Gasteiger partial charge in [-0.05, 0) is 41.5 Å². The Morgan fingerprint density at radius 1 is 0.615 bits per heavy atom. The second kappa shape index (κ2) is 6.29. The Morgan fingerprint density at radius 2 is 1.15 bits per heavy atom. The van der Waals surface area contributed by atoms with Gasteiger partial charge in [-0.1, -0.05) is 12.1 Å². The van der Waals surface area contributed by atoms with Crippen molar-refractivity contribution in [3.8, 4) is 62.5 Å². The molecule has 0 unspecified atom stereocenters. The van der Waals surface area contributed by atoms with Crippen molar-refractivity contribution in [1.29, 1.82) is 0 Å². The molecule has 0 atom stereocenters. The van der Waals surface area contributed by atoms with Gasteiger partial charge >= 0.3 is 0 Å². The molecule has 3 aromatic rings. The van der Waals surface area contributed by atoms with Crippen LogP contribution in [0.2, 0.25) is 0 Å². The summed E-state index contributed by atoms with van der Waals surface area (Å²) in [4.78, 5) is 0. The van der Waals surface area contributed by atoms with Crippen LogP contribution in [0.15, 0.2) is 42.5 Å². The zero-order valence-electron chi connectivity index (χ0n) is 13.6. The van der Waals surface area contributed by atoms with E-state index < -0.39 is 5.75 Å². The number of benzene rings is 3. The van der Waals surface area contributed by atoms with Crippen molar-refractivity contribution in [2.24, 2.45) is 0 Å². The molecule has 3 aromatic carbocycles. The average molecular weight is 356 g/mol. The molecule has 0 aliphatic carbocycles. The van der Waals surface area contributed by atoms with Crippen molar-refractivity contribution in [2.45, 2.75) is 0 Å². The van der Waals surface area contributed by atoms with Gasteiger partial charge in [0, 0.05) is 5.56 Å². The molecule has 0 aromatic heterocycles. The molecule has 0 aliphatic rings. The van der Waals surface area contributed by atoms with E-state index in [9.17, 15) is 30.6 Å². The molecular formula is C19H16O7. The zero-order chi connectivity index (χ0) is 19.0. The third kappa shape index (κ3) is 2.75. The highest BCUT2D eigenvalue weighted by molar-refractivity contribution is 5.88. The summed E-state index contributed by atoms with van der Waals surface area (Å²) in [7, 11) is 1.30. The Hall–Kier alpha value is -3.74. The molecule has 0 saturated heterocycles. The summed E-state index contributed by atoms with van der Waals surface area (Å²) in [6.45, 7) is 0. The van der Waals surface area contributed by atoms with Crippen LogP contribution in [0.3, 0.4) is 0 Å². The highest BCUT2D eigenvalue weighted by atomic mass is 16.5. The number of hydrogen-bond acceptors (Lipinski definition) is 7. The lowest BCUT2D eigenvalue weighted by Crippen LogP contribution is -1.92. The van der Waals surface area contributed by atoms with E-state index >= 15 is 0 Å². The fraction of sp³-hybridized carbons (Fsp3) is 0.0526. The maximum atomic E-state index is 10.6. The van der Waals surface area contributed by atoms with Gasteiger partial charge in [-0.2, -0.15) is 0 Å². The van der Waals surface area contributed by atoms with Gasteiger partial charge in [0.1, 0.15) is 5.75 Å². The van der Waals surface area contributed by atoms with Gasteiger partial charge < -0.3 is 35.4 Å². The molecule has 0 heterocycles. The van der Waals surface area contributed by atoms with Crippen LogP contribution in [0.25, 0.3) is 22.3 Å². The number of rotatable bonds is 3. The fourth-order valence-electron chi connectivity index (χ4n) is 2.70. The van der Waals surface area contributed by atoms with Crippen LogP contribution in [0.4, 0.5) is 0 Å². The van der Waals surface area contributed by atoms with Crippen molar-refractivity contribution in [2.75, 3.05) is 7.11 Å². The van der Waals surface area contributed by atoms with Crippen LogP contribution in [0.1, 0.15) is 0 Å². The van der Waals surface area contributed by atoms with Crippen LogP contribution in [-0.4, -0.2) is 37.7 Å². The fourth-order valence-corrected chi connectivity index (χ4v) is 2.70. The van der Waals surface area contributed by atoms with Gasteiger partial charge in [-0.3, -0.25) is 0 Å². The van der Waals surface area contributed by atoms with Crippen molar-refractivity contribution >= 4 is 0 Å². The maximum absolute atomic E-state index is 10.6. The van der Waals surface area contributed by atoms with E-state index in [0.29, 0.717) is 11.1 Å². The van der Waals surface area contributed by atoms with Gasteiger partial charge in [0.25, 0.3) is 0 Å². The Bertz CT molecular complexity index is 996. The summed E-state index contributed by atoms with van der Waals surface area (Å²) in [6, 6.07) is 9.11. The number of ether oxygens (including phenoxy) is 1. The highest BCUT2D eigenvalue weighted by Gasteiger charge is 2.22. The summed E-state index contributed by atoms with van der Waals surface area (Å²) in [5.41, 5.74) is 0.935. The van der Waals surface area contributed by atoms with Gasteiger partial charge in [0.15, 0.2) is 34.5 Å². The molecular weight excluding hydrogens is 340 g/mol. The van der Waals surface area contributed by atoms with Crippen molar-refractivity contribution in [3.63, 3.8) is 0 Å². The second-order valence-corrected chi connectivity index (χ2v) is 5.61. The molecule has 134 valence electrons. The standard InChI is InChI=1S/C19H16O7/c1-26-19-17(10-3-5-13(21)15(23)7-10)16(24)8-11(18(19)25)9-2-4-12(20)14(22)6-9/h2-8,20-25H,1H3. The lowest BCUT2D eigenvalue weighted by molar-refractivity contribution is 0.371. The summed E-state index contributed by atoms with van der Waals surface area (Å²) in [6.07, 6.45) is 0. The smallest absolute Gasteiger partial charge is 0.172 e. The molecule has 0 bridgehead atoms. The van der Waals surface area contributed by atoms with Crippen LogP contribution in [0, 0.1) is 0 Å². The monoisotopic (exact) mass is 356 g/mol. The molecule has 6 N–H and O–H groups in total. The normalized spacial score (nSPS) is 10.7. The molecule has 26 heavy (non-hydrogen) atoms. The second-order valence-electron chi connectivity index (χ2n) is 5.61. The molecule has 0 saturated carbocycles. The van der Waals surface area contributed by atoms with Gasteiger partial charge in [-0.25, -0.2) is 0 Å². The molecule has 0 radical (unpaired) electrons. The van der Waals surface area contributed by atoms with Crippen LogP contribution >= 0.6 is 0 Å². The Morgan fingerprint density at radius 3 is 1.69 bits per heavy atom. The van der Waals surface area contributed by atoms with E-state index in [1.54, 1.807) is 0 Å². The highest BCUT2D eigenvalue weighted by Crippen LogP contribution is 2.50. The molecule has 0 spiro atoms. The number of methoxy groups -OCH3 is 1. The third-order valence-electron chi connectivity index (χ3n) is 3.99. The lowest BCUT2D eigenvalue weighted by atomic mass is 9.96. The van der Waals surface area contributed by atoms with Gasteiger partial charge in [0.05, 0.1) is 12.7 Å². The minimum Gasteiger partial charge on any atom is -0.507 e. The average Bonchev–Trinajstić information content (AvgIpc) is 2.61. The minimum absolute atomic E-state index is 0.0577. The summed E-state index contributed by atoms with van der Waals surface area (Å²) in [5.74, 6) is -2.04. The van der Waals surface area contributed by atoms with E-state index in [1.165, 1.54) is 49.6 Å². The van der Waals surface area contributed by atoms with Crippen LogP contribution < -0.4 is 4.74 Å². The van der Waals surface area contributed by atoms with Gasteiger partial charge in [0.2, 0.25) is 0 Å². The number of aromatic hydroxyl groups is 6. The topological polar surface area (TPSA) is 131 Å². The van der Waals surface area contributed by atoms with E-state index in [1.807, 2.05) is 0 Å². The van der Waals surface area contributed by atoms with Crippen molar-refractivity contribution in [3.05, 3.63) is 42.5 Å². The molecule has 0 fully saturated rings. The largest absolute Gasteiger partial charge is 0.507 e. The first-order valence-corrected chi connectivity index (χ1v) is 7.51. The molecule has 0 amide bonds. The molecule has 7 nitrogen and oxygen atoms in total. The SMILES string of the molecule is COc1c(O)c(-c2ccc(O)c(O)c2)cc(O)c1-c1ccc(O)c(O)c1. The number of phenols is 6.